The van der Waals surface area contributed by atoms with Gasteiger partial charge in [-0.3, -0.25) is 5.10 Å². The molecule has 1 fully saturated rings. The van der Waals surface area contributed by atoms with E-state index in [4.69, 9.17) is 15.2 Å². The summed E-state index contributed by atoms with van der Waals surface area (Å²) in [7, 11) is 1.66. The first-order valence-electron chi connectivity index (χ1n) is 7.00. The van der Waals surface area contributed by atoms with Gasteiger partial charge < -0.3 is 15.2 Å². The molecule has 1 aliphatic heterocycles. The minimum atomic E-state index is 0.221. The summed E-state index contributed by atoms with van der Waals surface area (Å²) in [5.74, 6) is 4.19. The molecule has 1 unspecified atom stereocenters. The number of nitrogen functional groups attached to an aromatic ring is 1. The molecule has 21 heavy (non-hydrogen) atoms. The number of H-pyrrole nitrogens is 1. The lowest BCUT2D eigenvalue weighted by atomic mass is 10.1. The van der Waals surface area contributed by atoms with Gasteiger partial charge in [0.25, 0.3) is 0 Å². The molecule has 3 rings (SSSR count). The molecule has 2 aromatic rings. The molecule has 0 saturated carbocycles. The van der Waals surface area contributed by atoms with Crippen molar-refractivity contribution in [2.75, 3.05) is 24.3 Å². The summed E-state index contributed by atoms with van der Waals surface area (Å²) in [5.41, 5.74) is 7.47. The minimum absolute atomic E-state index is 0.221. The van der Waals surface area contributed by atoms with Crippen molar-refractivity contribution in [1.29, 1.82) is 0 Å². The molecule has 6 heteroatoms. The highest BCUT2D eigenvalue weighted by atomic mass is 32.2. The van der Waals surface area contributed by atoms with E-state index in [1.54, 1.807) is 13.2 Å². The second-order valence-electron chi connectivity index (χ2n) is 5.00. The second-order valence-corrected chi connectivity index (χ2v) is 6.15. The number of rotatable bonds is 4. The number of methoxy groups -OCH3 is 1. The number of para-hydroxylation sites is 1. The Morgan fingerprint density at radius 2 is 2.33 bits per heavy atom. The number of benzene rings is 1. The van der Waals surface area contributed by atoms with E-state index in [0.717, 1.165) is 34.9 Å². The standard InChI is InChI=1S/C15H19N3O2S/c1-19-13-6-2-5-11(12-8-14(16)18-17-12)15(13)20-10-4-3-7-21-9-10/h2,5-6,8,10H,3-4,7,9H2,1H3,(H3,16,17,18). The van der Waals surface area contributed by atoms with Crippen LogP contribution in [-0.4, -0.2) is 34.9 Å². The number of thioether (sulfide) groups is 1. The number of aromatic nitrogens is 2. The molecule has 1 aliphatic rings. The molecule has 0 spiro atoms. The summed E-state index contributed by atoms with van der Waals surface area (Å²) < 4.78 is 11.7. The number of hydrogen-bond acceptors (Lipinski definition) is 5. The molecule has 0 radical (unpaired) electrons. The van der Waals surface area contributed by atoms with Crippen LogP contribution in [0.25, 0.3) is 11.3 Å². The van der Waals surface area contributed by atoms with Gasteiger partial charge in [-0.25, -0.2) is 0 Å². The maximum atomic E-state index is 6.24. The Bertz CT molecular complexity index is 609. The monoisotopic (exact) mass is 305 g/mol. The zero-order chi connectivity index (χ0) is 14.7. The molecule has 3 N–H and O–H groups in total. The Hall–Kier alpha value is -1.82. The van der Waals surface area contributed by atoms with Gasteiger partial charge >= 0.3 is 0 Å². The van der Waals surface area contributed by atoms with Gasteiger partial charge in [0.15, 0.2) is 11.5 Å². The van der Waals surface area contributed by atoms with Crippen LogP contribution in [0.1, 0.15) is 12.8 Å². The van der Waals surface area contributed by atoms with Crippen molar-refractivity contribution < 1.29 is 9.47 Å². The number of nitrogens with zero attached hydrogens (tertiary/aromatic N) is 1. The smallest absolute Gasteiger partial charge is 0.170 e. The third kappa shape index (κ3) is 3.10. The molecular formula is C15H19N3O2S. The number of ether oxygens (including phenoxy) is 2. The SMILES string of the molecule is COc1cccc(-c2cc(N)n[nH]2)c1OC1CCCSC1. The highest BCUT2D eigenvalue weighted by Crippen LogP contribution is 2.39. The molecule has 0 aliphatic carbocycles. The zero-order valence-corrected chi connectivity index (χ0v) is 12.8. The lowest BCUT2D eigenvalue weighted by Gasteiger charge is -2.25. The molecule has 112 valence electrons. The first kappa shape index (κ1) is 14.1. The van der Waals surface area contributed by atoms with Crippen LogP contribution < -0.4 is 15.2 Å². The Labute approximate surface area is 128 Å². The average molecular weight is 305 g/mol. The van der Waals surface area contributed by atoms with E-state index in [2.05, 4.69) is 10.2 Å². The van der Waals surface area contributed by atoms with E-state index in [-0.39, 0.29) is 6.10 Å². The highest BCUT2D eigenvalue weighted by Gasteiger charge is 2.21. The molecule has 1 atom stereocenters. The van der Waals surface area contributed by atoms with Crippen molar-refractivity contribution in [1.82, 2.24) is 10.2 Å². The van der Waals surface area contributed by atoms with Crippen LogP contribution in [0.2, 0.25) is 0 Å². The normalized spacial score (nSPS) is 18.4. The van der Waals surface area contributed by atoms with Crippen molar-refractivity contribution >= 4 is 17.6 Å². The van der Waals surface area contributed by atoms with Gasteiger partial charge in [0.1, 0.15) is 11.9 Å². The number of hydrogen-bond donors (Lipinski definition) is 2. The summed E-state index contributed by atoms with van der Waals surface area (Å²) in [6, 6.07) is 7.64. The fourth-order valence-electron chi connectivity index (χ4n) is 2.46. The number of aromatic amines is 1. The summed E-state index contributed by atoms with van der Waals surface area (Å²) >= 11 is 1.94. The maximum absolute atomic E-state index is 6.24. The summed E-state index contributed by atoms with van der Waals surface area (Å²) in [6.07, 6.45) is 2.49. The van der Waals surface area contributed by atoms with Crippen LogP contribution in [0.5, 0.6) is 11.5 Å². The van der Waals surface area contributed by atoms with Gasteiger partial charge in [-0.1, -0.05) is 6.07 Å². The molecule has 1 aromatic heterocycles. The molecule has 0 bridgehead atoms. The fourth-order valence-corrected chi connectivity index (χ4v) is 3.49. The highest BCUT2D eigenvalue weighted by molar-refractivity contribution is 7.99. The van der Waals surface area contributed by atoms with E-state index < -0.39 is 0 Å². The quantitative estimate of drug-likeness (QED) is 0.908. The molecular weight excluding hydrogens is 286 g/mol. The largest absolute Gasteiger partial charge is 0.493 e. The molecule has 2 heterocycles. The van der Waals surface area contributed by atoms with E-state index in [1.165, 1.54) is 12.2 Å². The Morgan fingerprint density at radius 1 is 1.43 bits per heavy atom. The molecule has 5 nitrogen and oxygen atoms in total. The average Bonchev–Trinajstić information content (AvgIpc) is 2.95. The summed E-state index contributed by atoms with van der Waals surface area (Å²) in [5, 5.41) is 6.92. The second kappa shape index (κ2) is 6.30. The van der Waals surface area contributed by atoms with Crippen LogP contribution in [0.15, 0.2) is 24.3 Å². The maximum Gasteiger partial charge on any atom is 0.170 e. The van der Waals surface area contributed by atoms with E-state index in [0.29, 0.717) is 5.82 Å². The summed E-state index contributed by atoms with van der Waals surface area (Å²) in [6.45, 7) is 0. The Kier molecular flexibility index (Phi) is 4.24. The van der Waals surface area contributed by atoms with Crippen LogP contribution in [0.3, 0.4) is 0 Å². The van der Waals surface area contributed by atoms with Crippen molar-refractivity contribution in [2.45, 2.75) is 18.9 Å². The van der Waals surface area contributed by atoms with Crippen molar-refractivity contribution in [3.05, 3.63) is 24.3 Å². The predicted molar refractivity (Wildman–Crippen MR) is 86.0 cm³/mol. The van der Waals surface area contributed by atoms with Crippen LogP contribution in [-0.2, 0) is 0 Å². The van der Waals surface area contributed by atoms with Gasteiger partial charge in [-0.05, 0) is 30.7 Å². The fraction of sp³-hybridized carbons (Fsp3) is 0.400. The number of nitrogens with two attached hydrogens (primary N) is 1. The van der Waals surface area contributed by atoms with E-state index >= 15 is 0 Å². The van der Waals surface area contributed by atoms with Gasteiger partial charge in [-0.15, -0.1) is 0 Å². The lowest BCUT2D eigenvalue weighted by Crippen LogP contribution is -2.23. The van der Waals surface area contributed by atoms with E-state index in [9.17, 15) is 0 Å². The van der Waals surface area contributed by atoms with Gasteiger partial charge in [0.05, 0.1) is 12.8 Å². The van der Waals surface area contributed by atoms with Crippen molar-refractivity contribution in [3.8, 4) is 22.8 Å². The third-order valence-corrected chi connectivity index (χ3v) is 4.67. The van der Waals surface area contributed by atoms with Crippen LogP contribution >= 0.6 is 11.8 Å². The molecule has 0 amide bonds. The Morgan fingerprint density at radius 3 is 3.00 bits per heavy atom. The summed E-state index contributed by atoms with van der Waals surface area (Å²) in [4.78, 5) is 0. The van der Waals surface area contributed by atoms with Gasteiger partial charge in [-0.2, -0.15) is 16.9 Å². The Balaban J connectivity index is 1.95. The van der Waals surface area contributed by atoms with Crippen molar-refractivity contribution in [2.24, 2.45) is 0 Å². The van der Waals surface area contributed by atoms with E-state index in [1.807, 2.05) is 30.0 Å². The molecule has 1 aromatic carbocycles. The first-order chi connectivity index (χ1) is 10.3. The lowest BCUT2D eigenvalue weighted by molar-refractivity contribution is 0.203. The van der Waals surface area contributed by atoms with Crippen LogP contribution in [0.4, 0.5) is 5.82 Å². The van der Waals surface area contributed by atoms with Gasteiger partial charge in [0, 0.05) is 17.4 Å². The third-order valence-electron chi connectivity index (χ3n) is 3.49. The number of anilines is 1. The molecule has 1 saturated heterocycles. The van der Waals surface area contributed by atoms with Gasteiger partial charge in [0.2, 0.25) is 0 Å². The number of nitrogens with one attached hydrogen (secondary N) is 1. The minimum Gasteiger partial charge on any atom is -0.493 e. The predicted octanol–water partition coefficient (Wildman–Crippen LogP) is 2.94. The van der Waals surface area contributed by atoms with Crippen LogP contribution in [0, 0.1) is 0 Å². The first-order valence-corrected chi connectivity index (χ1v) is 8.16. The van der Waals surface area contributed by atoms with Crippen molar-refractivity contribution in [3.63, 3.8) is 0 Å². The topological polar surface area (TPSA) is 73.2 Å². The zero-order valence-electron chi connectivity index (χ0n) is 12.0.